The highest BCUT2D eigenvalue weighted by atomic mass is 16.1. The van der Waals surface area contributed by atoms with Crippen LogP contribution in [0.1, 0.15) is 60.8 Å². The van der Waals surface area contributed by atoms with Gasteiger partial charge in [0.05, 0.1) is 0 Å². The minimum atomic E-state index is -0.0198. The zero-order chi connectivity index (χ0) is 14.0. The normalized spacial score (nSPS) is 20.1. The van der Waals surface area contributed by atoms with E-state index in [0.717, 1.165) is 37.3 Å². The predicted octanol–water partition coefficient (Wildman–Crippen LogP) is 1.76. The molecule has 3 N–H and O–H groups in total. The molecular formula is C15H24N4O. The number of nitrogens with zero attached hydrogens (tertiary/aromatic N) is 1. The molecule has 0 spiro atoms. The maximum Gasteiger partial charge on any atom is 0.272 e. The van der Waals surface area contributed by atoms with E-state index in [1.165, 1.54) is 32.1 Å². The molecule has 110 valence electrons. The van der Waals surface area contributed by atoms with Crippen LogP contribution >= 0.6 is 0 Å². The Bertz CT molecular complexity index is 490. The van der Waals surface area contributed by atoms with Crippen molar-refractivity contribution in [3.8, 4) is 0 Å². The first-order chi connectivity index (χ1) is 9.74. The van der Waals surface area contributed by atoms with E-state index in [1.54, 1.807) is 0 Å². The number of aromatic amines is 1. The van der Waals surface area contributed by atoms with Gasteiger partial charge in [0.25, 0.3) is 5.91 Å². The Kier molecular flexibility index (Phi) is 3.78. The van der Waals surface area contributed by atoms with Crippen LogP contribution < -0.4 is 10.6 Å². The molecule has 3 rings (SSSR count). The summed E-state index contributed by atoms with van der Waals surface area (Å²) in [5, 5.41) is 13.6. The molecular weight excluding hydrogens is 252 g/mol. The lowest BCUT2D eigenvalue weighted by atomic mass is 9.66. The van der Waals surface area contributed by atoms with Gasteiger partial charge in [-0.1, -0.05) is 19.8 Å². The SMILES string of the molecule is CCCC1(CNC(=O)c2n[nH]c3c2CNCC3)CCC1. The molecule has 20 heavy (non-hydrogen) atoms. The van der Waals surface area contributed by atoms with Crippen molar-refractivity contribution in [3.05, 3.63) is 17.0 Å². The van der Waals surface area contributed by atoms with Gasteiger partial charge in [-0.15, -0.1) is 0 Å². The van der Waals surface area contributed by atoms with Gasteiger partial charge in [-0.05, 0) is 24.7 Å². The zero-order valence-electron chi connectivity index (χ0n) is 12.2. The molecule has 5 nitrogen and oxygen atoms in total. The fourth-order valence-corrected chi connectivity index (χ4v) is 3.49. The predicted molar refractivity (Wildman–Crippen MR) is 77.5 cm³/mol. The number of amides is 1. The number of carbonyl (C=O) groups is 1. The highest BCUT2D eigenvalue weighted by Gasteiger charge is 2.36. The first kappa shape index (κ1) is 13.6. The van der Waals surface area contributed by atoms with Crippen molar-refractivity contribution in [1.29, 1.82) is 0 Å². The molecule has 5 heteroatoms. The Morgan fingerprint density at radius 3 is 3.00 bits per heavy atom. The van der Waals surface area contributed by atoms with E-state index < -0.39 is 0 Å². The third-order valence-corrected chi connectivity index (χ3v) is 4.84. The Morgan fingerprint density at radius 2 is 2.30 bits per heavy atom. The van der Waals surface area contributed by atoms with Crippen LogP contribution in [0.4, 0.5) is 0 Å². The van der Waals surface area contributed by atoms with Crippen LogP contribution in [-0.2, 0) is 13.0 Å². The molecule has 1 aliphatic carbocycles. The summed E-state index contributed by atoms with van der Waals surface area (Å²) in [6.45, 7) is 4.72. The lowest BCUT2D eigenvalue weighted by Crippen LogP contribution is -2.42. The second kappa shape index (κ2) is 5.56. The molecule has 0 radical (unpaired) electrons. The molecule has 0 saturated heterocycles. The third kappa shape index (κ3) is 2.46. The number of hydrogen-bond acceptors (Lipinski definition) is 3. The zero-order valence-corrected chi connectivity index (χ0v) is 12.2. The number of rotatable bonds is 5. The van der Waals surface area contributed by atoms with E-state index in [-0.39, 0.29) is 5.91 Å². The number of carbonyl (C=O) groups excluding carboxylic acids is 1. The van der Waals surface area contributed by atoms with Gasteiger partial charge < -0.3 is 10.6 Å². The van der Waals surface area contributed by atoms with E-state index >= 15 is 0 Å². The quantitative estimate of drug-likeness (QED) is 0.767. The minimum absolute atomic E-state index is 0.0198. The summed E-state index contributed by atoms with van der Waals surface area (Å²) in [7, 11) is 0. The smallest absolute Gasteiger partial charge is 0.272 e. The van der Waals surface area contributed by atoms with Gasteiger partial charge in [-0.2, -0.15) is 5.10 Å². The Hall–Kier alpha value is -1.36. The molecule has 1 fully saturated rings. The van der Waals surface area contributed by atoms with Gasteiger partial charge in [0.1, 0.15) is 0 Å². The van der Waals surface area contributed by atoms with Crippen molar-refractivity contribution in [2.45, 2.75) is 52.0 Å². The molecule has 1 amide bonds. The number of hydrogen-bond donors (Lipinski definition) is 3. The highest BCUT2D eigenvalue weighted by Crippen LogP contribution is 2.44. The summed E-state index contributed by atoms with van der Waals surface area (Å²) >= 11 is 0. The molecule has 0 aromatic carbocycles. The largest absolute Gasteiger partial charge is 0.350 e. The average Bonchev–Trinajstić information content (AvgIpc) is 2.85. The van der Waals surface area contributed by atoms with Crippen molar-refractivity contribution < 1.29 is 4.79 Å². The van der Waals surface area contributed by atoms with Crippen LogP contribution in [0.5, 0.6) is 0 Å². The van der Waals surface area contributed by atoms with E-state index in [1.807, 2.05) is 0 Å². The van der Waals surface area contributed by atoms with Crippen molar-refractivity contribution in [2.24, 2.45) is 5.41 Å². The molecule has 1 aliphatic heterocycles. The van der Waals surface area contributed by atoms with E-state index in [9.17, 15) is 4.79 Å². The highest BCUT2D eigenvalue weighted by molar-refractivity contribution is 5.94. The Morgan fingerprint density at radius 1 is 1.45 bits per heavy atom. The molecule has 1 aromatic heterocycles. The summed E-state index contributed by atoms with van der Waals surface area (Å²) < 4.78 is 0. The third-order valence-electron chi connectivity index (χ3n) is 4.84. The van der Waals surface area contributed by atoms with Gasteiger partial charge in [0, 0.05) is 37.3 Å². The summed E-state index contributed by atoms with van der Waals surface area (Å²) in [5.41, 5.74) is 3.10. The molecule has 0 bridgehead atoms. The van der Waals surface area contributed by atoms with Crippen LogP contribution in [0.2, 0.25) is 0 Å². The number of fused-ring (bicyclic) bond motifs is 1. The number of nitrogens with one attached hydrogen (secondary N) is 3. The Balaban J connectivity index is 1.63. The van der Waals surface area contributed by atoms with Gasteiger partial charge >= 0.3 is 0 Å². The summed E-state index contributed by atoms with van der Waals surface area (Å²) in [5.74, 6) is -0.0198. The van der Waals surface area contributed by atoms with Gasteiger partial charge in [0.2, 0.25) is 0 Å². The van der Waals surface area contributed by atoms with Crippen molar-refractivity contribution in [1.82, 2.24) is 20.8 Å². The summed E-state index contributed by atoms with van der Waals surface area (Å²) in [6.07, 6.45) is 7.14. The fraction of sp³-hybridized carbons (Fsp3) is 0.733. The number of aromatic nitrogens is 2. The van der Waals surface area contributed by atoms with E-state index in [0.29, 0.717) is 11.1 Å². The van der Waals surface area contributed by atoms with Gasteiger partial charge in [0.15, 0.2) is 5.69 Å². The second-order valence-electron chi connectivity index (χ2n) is 6.24. The van der Waals surface area contributed by atoms with Crippen LogP contribution in [0.15, 0.2) is 0 Å². The van der Waals surface area contributed by atoms with Crippen molar-refractivity contribution in [3.63, 3.8) is 0 Å². The molecule has 1 saturated carbocycles. The average molecular weight is 276 g/mol. The summed E-state index contributed by atoms with van der Waals surface area (Å²) in [6, 6.07) is 0. The van der Waals surface area contributed by atoms with Crippen LogP contribution in [-0.4, -0.2) is 29.2 Å². The summed E-state index contributed by atoms with van der Waals surface area (Å²) in [4.78, 5) is 12.3. The lowest BCUT2D eigenvalue weighted by Gasteiger charge is -2.42. The standard InChI is InChI=1S/C15H24N4O/c1-2-5-15(6-3-7-15)10-17-14(20)13-11-9-16-8-4-12(11)18-19-13/h16H,2-10H2,1H3,(H,17,20)(H,18,19). The van der Waals surface area contributed by atoms with Crippen molar-refractivity contribution >= 4 is 5.91 Å². The molecule has 2 heterocycles. The fourth-order valence-electron chi connectivity index (χ4n) is 3.49. The van der Waals surface area contributed by atoms with E-state index in [4.69, 9.17) is 0 Å². The van der Waals surface area contributed by atoms with Crippen LogP contribution in [0.25, 0.3) is 0 Å². The van der Waals surface area contributed by atoms with Crippen LogP contribution in [0, 0.1) is 5.41 Å². The topological polar surface area (TPSA) is 69.8 Å². The monoisotopic (exact) mass is 276 g/mol. The molecule has 1 aromatic rings. The van der Waals surface area contributed by atoms with Crippen LogP contribution in [0.3, 0.4) is 0 Å². The van der Waals surface area contributed by atoms with Gasteiger partial charge in [-0.25, -0.2) is 0 Å². The molecule has 0 atom stereocenters. The maximum atomic E-state index is 12.3. The second-order valence-corrected chi connectivity index (χ2v) is 6.24. The molecule has 2 aliphatic rings. The van der Waals surface area contributed by atoms with Crippen molar-refractivity contribution in [2.75, 3.05) is 13.1 Å². The van der Waals surface area contributed by atoms with Gasteiger partial charge in [-0.3, -0.25) is 9.89 Å². The first-order valence-corrected chi connectivity index (χ1v) is 7.79. The lowest BCUT2D eigenvalue weighted by molar-refractivity contribution is 0.0827. The Labute approximate surface area is 119 Å². The molecule has 0 unspecified atom stereocenters. The van der Waals surface area contributed by atoms with E-state index in [2.05, 4.69) is 27.8 Å². The first-order valence-electron chi connectivity index (χ1n) is 7.79. The number of H-pyrrole nitrogens is 1. The minimum Gasteiger partial charge on any atom is -0.350 e. The maximum absolute atomic E-state index is 12.3.